The fourth-order valence-corrected chi connectivity index (χ4v) is 3.78. The highest BCUT2D eigenvalue weighted by atomic mass is 16.5. The lowest BCUT2D eigenvalue weighted by Crippen LogP contribution is -2.46. The maximum atomic E-state index is 10.9. The van der Waals surface area contributed by atoms with Crippen LogP contribution in [0.4, 0.5) is 0 Å². The zero-order valence-corrected chi connectivity index (χ0v) is 13.8. The monoisotopic (exact) mass is 290 g/mol. The third-order valence-corrected chi connectivity index (χ3v) is 4.70. The van der Waals surface area contributed by atoms with Gasteiger partial charge in [0, 0.05) is 13.0 Å². The molecule has 0 saturated heterocycles. The molecule has 0 radical (unpaired) electrons. The summed E-state index contributed by atoms with van der Waals surface area (Å²) in [4.78, 5) is 0. The second-order valence-electron chi connectivity index (χ2n) is 6.63. The van der Waals surface area contributed by atoms with Gasteiger partial charge in [0.05, 0.1) is 11.7 Å². The minimum atomic E-state index is -0.406. The van der Waals surface area contributed by atoms with E-state index >= 15 is 0 Å². The molecule has 0 amide bonds. The largest absolute Gasteiger partial charge is 0.390 e. The Kier molecular flexibility index (Phi) is 5.83. The molecule has 1 unspecified atom stereocenters. The van der Waals surface area contributed by atoms with E-state index in [0.29, 0.717) is 13.0 Å². The van der Waals surface area contributed by atoms with Crippen molar-refractivity contribution in [1.29, 1.82) is 0 Å². The summed E-state index contributed by atoms with van der Waals surface area (Å²) in [5.41, 5.74) is 3.43. The molecule has 2 heteroatoms. The van der Waals surface area contributed by atoms with Crippen molar-refractivity contribution in [3.8, 4) is 0 Å². The van der Waals surface area contributed by atoms with Crippen molar-refractivity contribution < 1.29 is 9.84 Å². The van der Waals surface area contributed by atoms with Gasteiger partial charge in [-0.25, -0.2) is 0 Å². The van der Waals surface area contributed by atoms with Gasteiger partial charge in [0.15, 0.2) is 0 Å². The fourth-order valence-electron chi connectivity index (χ4n) is 3.78. The molecule has 118 valence electrons. The number of benzene rings is 1. The van der Waals surface area contributed by atoms with Crippen molar-refractivity contribution in [1.82, 2.24) is 0 Å². The van der Waals surface area contributed by atoms with Gasteiger partial charge in [-0.15, -0.1) is 0 Å². The molecule has 1 saturated carbocycles. The van der Waals surface area contributed by atoms with Crippen LogP contribution in [-0.4, -0.2) is 23.4 Å². The third kappa shape index (κ3) is 4.31. The summed E-state index contributed by atoms with van der Waals surface area (Å²) in [6.07, 6.45) is 7.16. The first kappa shape index (κ1) is 16.5. The van der Waals surface area contributed by atoms with Crippen molar-refractivity contribution in [2.24, 2.45) is 0 Å². The van der Waals surface area contributed by atoms with Crippen LogP contribution >= 0.6 is 0 Å². The molecule has 2 rings (SSSR count). The van der Waals surface area contributed by atoms with Crippen LogP contribution in [-0.2, 0) is 11.2 Å². The average molecular weight is 290 g/mol. The molecular formula is C19H30O2. The summed E-state index contributed by atoms with van der Waals surface area (Å²) >= 11 is 0. The second kappa shape index (κ2) is 7.42. The van der Waals surface area contributed by atoms with Crippen molar-refractivity contribution in [3.63, 3.8) is 0 Å². The van der Waals surface area contributed by atoms with Gasteiger partial charge >= 0.3 is 0 Å². The quantitative estimate of drug-likeness (QED) is 0.818. The maximum absolute atomic E-state index is 10.9. The number of ether oxygens (including phenoxy) is 1. The van der Waals surface area contributed by atoms with Crippen molar-refractivity contribution >= 4 is 0 Å². The SMILES string of the molecule is CCOC1(C(O)Cc2cc(C)cc(C)c2)CCCCCC1. The molecule has 0 spiro atoms. The summed E-state index contributed by atoms with van der Waals surface area (Å²) in [7, 11) is 0. The van der Waals surface area contributed by atoms with Gasteiger partial charge in [-0.05, 0) is 39.2 Å². The minimum absolute atomic E-state index is 0.330. The predicted octanol–water partition coefficient (Wildman–Crippen LogP) is 4.34. The predicted molar refractivity (Wildman–Crippen MR) is 87.7 cm³/mol. The van der Waals surface area contributed by atoms with Gasteiger partial charge < -0.3 is 9.84 Å². The van der Waals surface area contributed by atoms with E-state index in [1.807, 2.05) is 6.92 Å². The molecule has 1 fully saturated rings. The van der Waals surface area contributed by atoms with E-state index in [0.717, 1.165) is 12.8 Å². The van der Waals surface area contributed by atoms with E-state index < -0.39 is 6.10 Å². The number of aryl methyl sites for hydroxylation is 2. The first-order valence-electron chi connectivity index (χ1n) is 8.45. The van der Waals surface area contributed by atoms with E-state index in [2.05, 4.69) is 32.0 Å². The molecule has 0 aliphatic heterocycles. The molecule has 1 aliphatic carbocycles. The van der Waals surface area contributed by atoms with Gasteiger partial charge in [-0.3, -0.25) is 0 Å². The Labute approximate surface area is 129 Å². The number of hydrogen-bond donors (Lipinski definition) is 1. The number of hydrogen-bond acceptors (Lipinski definition) is 2. The Morgan fingerprint density at radius 3 is 2.14 bits per heavy atom. The molecule has 1 N–H and O–H groups in total. The Hall–Kier alpha value is -0.860. The lowest BCUT2D eigenvalue weighted by molar-refractivity contribution is -0.128. The first-order chi connectivity index (χ1) is 10.1. The molecule has 1 atom stereocenters. The van der Waals surface area contributed by atoms with E-state index in [1.165, 1.54) is 42.4 Å². The van der Waals surface area contributed by atoms with Crippen LogP contribution < -0.4 is 0 Å². The van der Waals surface area contributed by atoms with Crippen LogP contribution in [0.15, 0.2) is 18.2 Å². The van der Waals surface area contributed by atoms with Crippen LogP contribution in [0.3, 0.4) is 0 Å². The molecule has 0 heterocycles. The standard InChI is InChI=1S/C19H30O2/c1-4-21-19(9-7-5-6-8-10-19)18(20)14-17-12-15(2)11-16(3)13-17/h11-13,18,20H,4-10,14H2,1-3H3. The molecule has 2 nitrogen and oxygen atoms in total. The van der Waals surface area contributed by atoms with Crippen LogP contribution in [0, 0.1) is 13.8 Å². The van der Waals surface area contributed by atoms with Crippen molar-refractivity contribution in [2.45, 2.75) is 77.4 Å². The topological polar surface area (TPSA) is 29.5 Å². The van der Waals surface area contributed by atoms with Gasteiger partial charge in [-0.1, -0.05) is 55.0 Å². The summed E-state index contributed by atoms with van der Waals surface area (Å²) in [5.74, 6) is 0. The van der Waals surface area contributed by atoms with E-state index in [1.54, 1.807) is 0 Å². The second-order valence-corrected chi connectivity index (χ2v) is 6.63. The Morgan fingerprint density at radius 1 is 1.05 bits per heavy atom. The molecule has 1 aliphatic rings. The lowest BCUT2D eigenvalue weighted by atomic mass is 9.84. The molecule has 1 aromatic rings. The average Bonchev–Trinajstić information content (AvgIpc) is 2.64. The molecule has 0 bridgehead atoms. The summed E-state index contributed by atoms with van der Waals surface area (Å²) in [5, 5.41) is 10.9. The highest BCUT2D eigenvalue weighted by Gasteiger charge is 2.38. The maximum Gasteiger partial charge on any atom is 0.0943 e. The van der Waals surface area contributed by atoms with Gasteiger partial charge in [0.2, 0.25) is 0 Å². The first-order valence-corrected chi connectivity index (χ1v) is 8.45. The summed E-state index contributed by atoms with van der Waals surface area (Å²) < 4.78 is 6.09. The van der Waals surface area contributed by atoms with E-state index in [4.69, 9.17) is 4.74 Å². The Morgan fingerprint density at radius 2 is 1.62 bits per heavy atom. The fraction of sp³-hybridized carbons (Fsp3) is 0.684. The zero-order valence-electron chi connectivity index (χ0n) is 13.8. The lowest BCUT2D eigenvalue weighted by Gasteiger charge is -2.37. The molecule has 1 aromatic carbocycles. The van der Waals surface area contributed by atoms with Crippen LogP contribution in [0.5, 0.6) is 0 Å². The third-order valence-electron chi connectivity index (χ3n) is 4.70. The number of aliphatic hydroxyl groups is 1. The zero-order chi connectivity index (χ0) is 15.3. The van der Waals surface area contributed by atoms with Gasteiger partial charge in [0.1, 0.15) is 0 Å². The highest BCUT2D eigenvalue weighted by molar-refractivity contribution is 5.29. The van der Waals surface area contributed by atoms with E-state index in [9.17, 15) is 5.11 Å². The van der Waals surface area contributed by atoms with Gasteiger partial charge in [0.25, 0.3) is 0 Å². The smallest absolute Gasteiger partial charge is 0.0943 e. The molecule has 21 heavy (non-hydrogen) atoms. The minimum Gasteiger partial charge on any atom is -0.390 e. The Balaban J connectivity index is 2.15. The molecular weight excluding hydrogens is 260 g/mol. The summed E-state index contributed by atoms with van der Waals surface area (Å²) in [6.45, 7) is 6.96. The van der Waals surface area contributed by atoms with Crippen LogP contribution in [0.1, 0.15) is 62.1 Å². The summed E-state index contributed by atoms with van der Waals surface area (Å²) in [6, 6.07) is 6.55. The Bertz CT molecular complexity index is 425. The number of aliphatic hydroxyl groups excluding tert-OH is 1. The van der Waals surface area contributed by atoms with Crippen molar-refractivity contribution in [3.05, 3.63) is 34.9 Å². The normalized spacial score (nSPS) is 20.0. The highest BCUT2D eigenvalue weighted by Crippen LogP contribution is 2.35. The van der Waals surface area contributed by atoms with E-state index in [-0.39, 0.29) is 5.60 Å². The van der Waals surface area contributed by atoms with Crippen LogP contribution in [0.25, 0.3) is 0 Å². The number of rotatable bonds is 5. The van der Waals surface area contributed by atoms with Crippen LogP contribution in [0.2, 0.25) is 0 Å². The van der Waals surface area contributed by atoms with Crippen molar-refractivity contribution in [2.75, 3.05) is 6.61 Å². The molecule has 0 aromatic heterocycles. The van der Waals surface area contributed by atoms with Gasteiger partial charge in [-0.2, -0.15) is 0 Å².